The monoisotopic (exact) mass is 245 g/mol. The standard InChI is InChI=1S/C8H7ClF3N.ClH/c9-6-4-2-1-3-5(6)7(13)8(10,11)12;/h1-4,7H,13H2;1H/t7-;/m1./s1. The quantitative estimate of drug-likeness (QED) is 0.808. The van der Waals surface area contributed by atoms with E-state index in [1.165, 1.54) is 18.2 Å². The van der Waals surface area contributed by atoms with Gasteiger partial charge in [0.05, 0.1) is 0 Å². The maximum absolute atomic E-state index is 12.1. The Bertz CT molecular complexity index is 301. The molecule has 0 aliphatic carbocycles. The molecule has 0 spiro atoms. The minimum absolute atomic E-state index is 0. The Morgan fingerprint density at radius 3 is 2.14 bits per heavy atom. The third-order valence-corrected chi connectivity index (χ3v) is 1.94. The summed E-state index contributed by atoms with van der Waals surface area (Å²) < 4.78 is 36.4. The van der Waals surface area contributed by atoms with Gasteiger partial charge in [0.1, 0.15) is 6.04 Å². The van der Waals surface area contributed by atoms with Crippen molar-refractivity contribution < 1.29 is 13.2 Å². The van der Waals surface area contributed by atoms with E-state index in [9.17, 15) is 13.2 Å². The molecule has 1 aromatic rings. The molecule has 0 fully saturated rings. The Morgan fingerprint density at radius 2 is 1.71 bits per heavy atom. The van der Waals surface area contributed by atoms with Crippen LogP contribution in [0.3, 0.4) is 0 Å². The molecule has 0 saturated carbocycles. The molecule has 1 rings (SSSR count). The molecule has 0 aliphatic heterocycles. The zero-order valence-electron chi connectivity index (χ0n) is 6.88. The van der Waals surface area contributed by atoms with Crippen molar-refractivity contribution >= 4 is 24.0 Å². The van der Waals surface area contributed by atoms with Gasteiger partial charge in [-0.15, -0.1) is 12.4 Å². The largest absolute Gasteiger partial charge is 0.407 e. The van der Waals surface area contributed by atoms with Gasteiger partial charge in [0.2, 0.25) is 0 Å². The lowest BCUT2D eigenvalue weighted by molar-refractivity contribution is -0.149. The molecule has 0 heterocycles. The Hall–Kier alpha value is -0.450. The lowest BCUT2D eigenvalue weighted by Crippen LogP contribution is -2.28. The summed E-state index contributed by atoms with van der Waals surface area (Å²) in [5.74, 6) is 0. The van der Waals surface area contributed by atoms with E-state index in [-0.39, 0.29) is 23.0 Å². The molecule has 1 aromatic carbocycles. The van der Waals surface area contributed by atoms with E-state index in [4.69, 9.17) is 17.3 Å². The molecular formula is C8H8Cl2F3N. The van der Waals surface area contributed by atoms with Crippen molar-refractivity contribution in [2.24, 2.45) is 5.73 Å². The fourth-order valence-corrected chi connectivity index (χ4v) is 1.16. The molecule has 0 bridgehead atoms. The molecule has 80 valence electrons. The number of halogens is 5. The van der Waals surface area contributed by atoms with Crippen LogP contribution in [-0.4, -0.2) is 6.18 Å². The van der Waals surface area contributed by atoms with Crippen LogP contribution in [-0.2, 0) is 0 Å². The molecule has 0 amide bonds. The van der Waals surface area contributed by atoms with Crippen molar-refractivity contribution in [1.82, 2.24) is 0 Å². The number of alkyl halides is 3. The third-order valence-electron chi connectivity index (χ3n) is 1.59. The summed E-state index contributed by atoms with van der Waals surface area (Å²) in [5.41, 5.74) is 4.86. The minimum Gasteiger partial charge on any atom is -0.316 e. The zero-order chi connectivity index (χ0) is 10.1. The minimum atomic E-state index is -4.45. The first-order valence-electron chi connectivity index (χ1n) is 3.49. The first-order valence-corrected chi connectivity index (χ1v) is 3.87. The van der Waals surface area contributed by atoms with Gasteiger partial charge in [-0.05, 0) is 11.6 Å². The molecule has 6 heteroatoms. The highest BCUT2D eigenvalue weighted by atomic mass is 35.5. The predicted octanol–water partition coefficient (Wildman–Crippen LogP) is 3.32. The molecule has 0 aromatic heterocycles. The van der Waals surface area contributed by atoms with E-state index < -0.39 is 12.2 Å². The van der Waals surface area contributed by atoms with Gasteiger partial charge in [-0.3, -0.25) is 0 Å². The summed E-state index contributed by atoms with van der Waals surface area (Å²) in [4.78, 5) is 0. The van der Waals surface area contributed by atoms with E-state index in [1.54, 1.807) is 6.07 Å². The Balaban J connectivity index is 0.00000169. The van der Waals surface area contributed by atoms with Crippen LogP contribution in [0.15, 0.2) is 24.3 Å². The van der Waals surface area contributed by atoms with Crippen molar-refractivity contribution in [3.8, 4) is 0 Å². The van der Waals surface area contributed by atoms with Crippen molar-refractivity contribution in [2.75, 3.05) is 0 Å². The highest BCUT2D eigenvalue weighted by Gasteiger charge is 2.38. The average molecular weight is 246 g/mol. The Morgan fingerprint density at radius 1 is 1.21 bits per heavy atom. The van der Waals surface area contributed by atoms with Crippen LogP contribution in [0.1, 0.15) is 11.6 Å². The van der Waals surface area contributed by atoms with E-state index in [0.29, 0.717) is 0 Å². The summed E-state index contributed by atoms with van der Waals surface area (Å²) in [7, 11) is 0. The number of hydrogen-bond donors (Lipinski definition) is 1. The van der Waals surface area contributed by atoms with Gasteiger partial charge in [0.25, 0.3) is 0 Å². The molecule has 0 unspecified atom stereocenters. The predicted molar refractivity (Wildman–Crippen MR) is 51.7 cm³/mol. The van der Waals surface area contributed by atoms with Gasteiger partial charge >= 0.3 is 6.18 Å². The summed E-state index contributed by atoms with van der Waals surface area (Å²) in [6, 6.07) is 3.64. The van der Waals surface area contributed by atoms with Gasteiger partial charge in [0, 0.05) is 5.02 Å². The second-order valence-corrected chi connectivity index (χ2v) is 2.95. The van der Waals surface area contributed by atoms with Crippen molar-refractivity contribution in [3.63, 3.8) is 0 Å². The van der Waals surface area contributed by atoms with Crippen LogP contribution in [0.5, 0.6) is 0 Å². The molecule has 2 N–H and O–H groups in total. The van der Waals surface area contributed by atoms with Crippen LogP contribution < -0.4 is 5.73 Å². The zero-order valence-corrected chi connectivity index (χ0v) is 8.46. The van der Waals surface area contributed by atoms with Crippen molar-refractivity contribution in [2.45, 2.75) is 12.2 Å². The SMILES string of the molecule is Cl.N[C@H](c1ccccc1Cl)C(F)(F)F. The summed E-state index contributed by atoms with van der Waals surface area (Å²) >= 11 is 5.55. The summed E-state index contributed by atoms with van der Waals surface area (Å²) in [5, 5.41) is 0.0346. The number of hydrogen-bond acceptors (Lipinski definition) is 1. The number of rotatable bonds is 1. The van der Waals surface area contributed by atoms with Crippen LogP contribution in [0, 0.1) is 0 Å². The Labute approximate surface area is 90.5 Å². The molecule has 0 aliphatic rings. The fraction of sp³-hybridized carbons (Fsp3) is 0.250. The topological polar surface area (TPSA) is 26.0 Å². The van der Waals surface area contributed by atoms with Gasteiger partial charge in [-0.1, -0.05) is 29.8 Å². The lowest BCUT2D eigenvalue weighted by atomic mass is 10.1. The first-order chi connectivity index (χ1) is 5.93. The second kappa shape index (κ2) is 4.87. The second-order valence-electron chi connectivity index (χ2n) is 2.54. The van der Waals surface area contributed by atoms with Crippen molar-refractivity contribution in [3.05, 3.63) is 34.9 Å². The van der Waals surface area contributed by atoms with Crippen LogP contribution in [0.4, 0.5) is 13.2 Å². The van der Waals surface area contributed by atoms with Crippen LogP contribution in [0.2, 0.25) is 5.02 Å². The maximum atomic E-state index is 12.1. The normalized spacial score (nSPS) is 13.2. The van der Waals surface area contributed by atoms with Crippen LogP contribution in [0.25, 0.3) is 0 Å². The number of nitrogens with two attached hydrogens (primary N) is 1. The van der Waals surface area contributed by atoms with E-state index >= 15 is 0 Å². The summed E-state index contributed by atoms with van der Waals surface area (Å²) in [6.07, 6.45) is -4.45. The van der Waals surface area contributed by atoms with E-state index in [1.807, 2.05) is 0 Å². The van der Waals surface area contributed by atoms with E-state index in [2.05, 4.69) is 0 Å². The van der Waals surface area contributed by atoms with Gasteiger partial charge in [-0.2, -0.15) is 13.2 Å². The third kappa shape index (κ3) is 3.04. The molecule has 14 heavy (non-hydrogen) atoms. The van der Waals surface area contributed by atoms with Gasteiger partial charge in [0.15, 0.2) is 0 Å². The van der Waals surface area contributed by atoms with Gasteiger partial charge in [-0.25, -0.2) is 0 Å². The Kier molecular flexibility index (Phi) is 4.71. The van der Waals surface area contributed by atoms with Crippen LogP contribution >= 0.6 is 24.0 Å². The number of benzene rings is 1. The fourth-order valence-electron chi connectivity index (χ4n) is 0.904. The molecule has 0 radical (unpaired) electrons. The first kappa shape index (κ1) is 13.5. The molecular weight excluding hydrogens is 238 g/mol. The lowest BCUT2D eigenvalue weighted by Gasteiger charge is -2.16. The molecule has 1 atom stereocenters. The average Bonchev–Trinajstić information content (AvgIpc) is 2.02. The molecule has 0 saturated heterocycles. The van der Waals surface area contributed by atoms with E-state index in [0.717, 1.165) is 0 Å². The smallest absolute Gasteiger partial charge is 0.316 e. The highest BCUT2D eigenvalue weighted by Crippen LogP contribution is 2.33. The van der Waals surface area contributed by atoms with Gasteiger partial charge < -0.3 is 5.73 Å². The highest BCUT2D eigenvalue weighted by molar-refractivity contribution is 6.31. The van der Waals surface area contributed by atoms with Crippen molar-refractivity contribution in [1.29, 1.82) is 0 Å². The molecule has 1 nitrogen and oxygen atoms in total. The maximum Gasteiger partial charge on any atom is 0.407 e. The summed E-state index contributed by atoms with van der Waals surface area (Å²) in [6.45, 7) is 0.